The van der Waals surface area contributed by atoms with Crippen molar-refractivity contribution in [1.29, 1.82) is 0 Å². The van der Waals surface area contributed by atoms with Gasteiger partial charge in [0.1, 0.15) is 5.82 Å². The standard InChI is InChI=1S/C29H44N6S/c1-18(2)22-11-9-12-23(19(3)4)26(22)33-29(36)31-21-16-14-20(15-17-21)30-28-32-25-13-8-7-10-24(25)27(34-28)35(5)6/h9,11-12,18-21H,7-8,10,13-17H2,1-6H3,(H,30,32,34)(H2,31,33,36). The predicted molar refractivity (Wildman–Crippen MR) is 157 cm³/mol. The molecule has 6 nitrogen and oxygen atoms in total. The van der Waals surface area contributed by atoms with Gasteiger partial charge in [0.2, 0.25) is 5.95 Å². The second-order valence-electron chi connectivity index (χ2n) is 11.3. The first-order valence-corrected chi connectivity index (χ1v) is 14.2. The van der Waals surface area contributed by atoms with Crippen molar-refractivity contribution in [3.8, 4) is 0 Å². The van der Waals surface area contributed by atoms with E-state index in [9.17, 15) is 0 Å². The number of hydrogen-bond donors (Lipinski definition) is 3. The molecule has 1 saturated carbocycles. The zero-order chi connectivity index (χ0) is 25.8. The molecular weight excluding hydrogens is 464 g/mol. The zero-order valence-electron chi connectivity index (χ0n) is 22.9. The number of aryl methyl sites for hydroxylation is 1. The van der Waals surface area contributed by atoms with E-state index in [2.05, 4.69) is 80.8 Å². The van der Waals surface area contributed by atoms with E-state index in [1.165, 1.54) is 40.9 Å². The minimum absolute atomic E-state index is 0.388. The van der Waals surface area contributed by atoms with Crippen LogP contribution in [0.2, 0.25) is 0 Å². The summed E-state index contributed by atoms with van der Waals surface area (Å²) in [5, 5.41) is 11.6. The summed E-state index contributed by atoms with van der Waals surface area (Å²) in [6.07, 6.45) is 8.93. The molecule has 1 aromatic carbocycles. The minimum atomic E-state index is 0.388. The van der Waals surface area contributed by atoms with Gasteiger partial charge < -0.3 is 20.9 Å². The smallest absolute Gasteiger partial charge is 0.225 e. The van der Waals surface area contributed by atoms with Crippen molar-refractivity contribution < 1.29 is 0 Å². The molecule has 0 bridgehead atoms. The van der Waals surface area contributed by atoms with Crippen LogP contribution in [-0.2, 0) is 12.8 Å². The third-order valence-electron chi connectivity index (χ3n) is 7.59. The molecule has 0 spiro atoms. The summed E-state index contributed by atoms with van der Waals surface area (Å²) in [6, 6.07) is 7.37. The monoisotopic (exact) mass is 508 g/mol. The zero-order valence-corrected chi connectivity index (χ0v) is 23.8. The second-order valence-corrected chi connectivity index (χ2v) is 11.7. The lowest BCUT2D eigenvalue weighted by atomic mass is 9.91. The maximum absolute atomic E-state index is 5.78. The molecule has 0 atom stereocenters. The van der Waals surface area contributed by atoms with Crippen LogP contribution >= 0.6 is 12.2 Å². The van der Waals surface area contributed by atoms with Crippen LogP contribution in [0.4, 0.5) is 17.5 Å². The predicted octanol–water partition coefficient (Wildman–Crippen LogP) is 6.38. The van der Waals surface area contributed by atoms with E-state index in [4.69, 9.17) is 22.2 Å². The lowest BCUT2D eigenvalue weighted by molar-refractivity contribution is 0.387. The molecule has 0 aliphatic heterocycles. The van der Waals surface area contributed by atoms with Crippen LogP contribution in [0.25, 0.3) is 0 Å². The Bertz CT molecular complexity index is 1030. The number of para-hydroxylation sites is 1. The van der Waals surface area contributed by atoms with Gasteiger partial charge in [0.05, 0.1) is 5.69 Å². The summed E-state index contributed by atoms with van der Waals surface area (Å²) in [6.45, 7) is 8.96. The highest BCUT2D eigenvalue weighted by atomic mass is 32.1. The van der Waals surface area contributed by atoms with E-state index < -0.39 is 0 Å². The topological polar surface area (TPSA) is 65.1 Å². The minimum Gasteiger partial charge on any atom is -0.362 e. The first-order chi connectivity index (χ1) is 17.2. The molecule has 4 rings (SSSR count). The van der Waals surface area contributed by atoms with Gasteiger partial charge in [0, 0.05) is 37.4 Å². The molecule has 1 aromatic heterocycles. The molecule has 2 aromatic rings. The summed E-state index contributed by atoms with van der Waals surface area (Å²) in [7, 11) is 4.16. The van der Waals surface area contributed by atoms with Crippen LogP contribution in [0.15, 0.2) is 18.2 Å². The highest BCUT2D eigenvalue weighted by molar-refractivity contribution is 7.80. The van der Waals surface area contributed by atoms with E-state index in [1.807, 2.05) is 0 Å². The average molecular weight is 509 g/mol. The van der Waals surface area contributed by atoms with Gasteiger partial charge in [-0.15, -0.1) is 0 Å². The Morgan fingerprint density at radius 1 is 0.917 bits per heavy atom. The lowest BCUT2D eigenvalue weighted by Crippen LogP contribution is -2.42. The molecular formula is C29H44N6S. The maximum Gasteiger partial charge on any atom is 0.225 e. The molecule has 36 heavy (non-hydrogen) atoms. The normalized spacial score (nSPS) is 19.7. The largest absolute Gasteiger partial charge is 0.362 e. The van der Waals surface area contributed by atoms with Gasteiger partial charge in [0.25, 0.3) is 0 Å². The first-order valence-electron chi connectivity index (χ1n) is 13.8. The van der Waals surface area contributed by atoms with E-state index in [0.29, 0.717) is 23.9 Å². The number of aromatic nitrogens is 2. The number of thiocarbonyl (C=S) groups is 1. The van der Waals surface area contributed by atoms with Crippen LogP contribution in [-0.4, -0.2) is 41.3 Å². The Kier molecular flexibility index (Phi) is 8.70. The number of benzene rings is 1. The second kappa shape index (κ2) is 11.8. The van der Waals surface area contributed by atoms with E-state index in [-0.39, 0.29) is 0 Å². The Labute approximate surface area is 223 Å². The van der Waals surface area contributed by atoms with Gasteiger partial charge in [-0.05, 0) is 86.5 Å². The number of hydrogen-bond acceptors (Lipinski definition) is 5. The van der Waals surface area contributed by atoms with Crippen molar-refractivity contribution in [1.82, 2.24) is 15.3 Å². The third kappa shape index (κ3) is 6.28. The van der Waals surface area contributed by atoms with Crippen molar-refractivity contribution >= 4 is 34.8 Å². The van der Waals surface area contributed by atoms with Crippen LogP contribution in [0, 0.1) is 0 Å². The number of rotatable bonds is 7. The summed E-state index contributed by atoms with van der Waals surface area (Å²) >= 11 is 5.78. The molecule has 3 N–H and O–H groups in total. The summed E-state index contributed by atoms with van der Waals surface area (Å²) in [4.78, 5) is 11.9. The highest BCUT2D eigenvalue weighted by Crippen LogP contribution is 2.33. The average Bonchev–Trinajstić information content (AvgIpc) is 2.84. The fourth-order valence-corrected chi connectivity index (χ4v) is 5.87. The van der Waals surface area contributed by atoms with Gasteiger partial charge in [-0.25, -0.2) is 4.98 Å². The summed E-state index contributed by atoms with van der Waals surface area (Å²) < 4.78 is 0. The molecule has 2 aliphatic rings. The van der Waals surface area contributed by atoms with Gasteiger partial charge in [0.15, 0.2) is 5.11 Å². The Morgan fingerprint density at radius 3 is 2.14 bits per heavy atom. The van der Waals surface area contributed by atoms with Gasteiger partial charge >= 0.3 is 0 Å². The SMILES string of the molecule is CC(C)c1cccc(C(C)C)c1NC(=S)NC1CCC(Nc2nc3c(c(N(C)C)n2)CCCC3)CC1. The van der Waals surface area contributed by atoms with Crippen molar-refractivity contribution in [2.45, 2.75) is 103 Å². The lowest BCUT2D eigenvalue weighted by Gasteiger charge is -2.31. The van der Waals surface area contributed by atoms with Gasteiger partial charge in [-0.3, -0.25) is 0 Å². The van der Waals surface area contributed by atoms with Crippen molar-refractivity contribution in [2.24, 2.45) is 0 Å². The Balaban J connectivity index is 1.34. The molecule has 1 fully saturated rings. The molecule has 0 unspecified atom stereocenters. The fraction of sp³-hybridized carbons (Fsp3) is 0.621. The van der Waals surface area contributed by atoms with Gasteiger partial charge in [-0.2, -0.15) is 4.98 Å². The molecule has 1 heterocycles. The van der Waals surface area contributed by atoms with Crippen LogP contribution in [0.1, 0.15) is 100 Å². The third-order valence-corrected chi connectivity index (χ3v) is 7.81. The molecule has 0 saturated heterocycles. The van der Waals surface area contributed by atoms with E-state index >= 15 is 0 Å². The summed E-state index contributed by atoms with van der Waals surface area (Å²) in [5.41, 5.74) is 6.39. The molecule has 196 valence electrons. The number of fused-ring (bicyclic) bond motifs is 1. The van der Waals surface area contributed by atoms with Crippen molar-refractivity contribution in [3.63, 3.8) is 0 Å². The van der Waals surface area contributed by atoms with E-state index in [1.54, 1.807) is 0 Å². The van der Waals surface area contributed by atoms with Crippen molar-refractivity contribution in [2.75, 3.05) is 29.6 Å². The highest BCUT2D eigenvalue weighted by Gasteiger charge is 2.25. The molecule has 0 radical (unpaired) electrons. The molecule has 7 heteroatoms. The quantitative estimate of drug-likeness (QED) is 0.375. The number of anilines is 3. The Morgan fingerprint density at radius 2 is 1.53 bits per heavy atom. The van der Waals surface area contributed by atoms with Crippen LogP contribution in [0.3, 0.4) is 0 Å². The van der Waals surface area contributed by atoms with Crippen LogP contribution < -0.4 is 20.9 Å². The molecule has 0 amide bonds. The first kappa shape index (κ1) is 26.6. The number of nitrogens with one attached hydrogen (secondary N) is 3. The van der Waals surface area contributed by atoms with Gasteiger partial charge in [-0.1, -0.05) is 45.9 Å². The Hall–Kier alpha value is -2.41. The van der Waals surface area contributed by atoms with Crippen LogP contribution in [0.5, 0.6) is 0 Å². The molecule has 2 aliphatic carbocycles. The summed E-state index contributed by atoms with van der Waals surface area (Å²) in [5.74, 6) is 2.75. The fourth-order valence-electron chi connectivity index (χ4n) is 5.60. The van der Waals surface area contributed by atoms with Crippen molar-refractivity contribution in [3.05, 3.63) is 40.6 Å². The number of nitrogens with zero attached hydrogens (tertiary/aromatic N) is 3. The van der Waals surface area contributed by atoms with E-state index in [0.717, 1.165) is 55.4 Å². The maximum atomic E-state index is 5.78.